The van der Waals surface area contributed by atoms with Crippen molar-refractivity contribution < 1.29 is 87.2 Å². The number of rotatable bonds is 33. The molecule has 2 unspecified atom stereocenters. The number of unbranched alkanes of at least 4 members (excludes halogenated alkanes) is 2. The summed E-state index contributed by atoms with van der Waals surface area (Å²) in [7, 11) is 1.58. The zero-order valence-electron chi connectivity index (χ0n) is 59.3. The zero-order valence-corrected chi connectivity index (χ0v) is 60.2. The fourth-order valence-electron chi connectivity index (χ4n) is 16.8. The fraction of sp³-hybridized carbons (Fsp3) is 0.487. The predicted octanol–water partition coefficient (Wildman–Crippen LogP) is 8.56. The maximum Gasteiger partial charge on any atom is 0.409 e. The van der Waals surface area contributed by atoms with Crippen LogP contribution in [-0.2, 0) is 67.2 Å². The lowest BCUT2D eigenvalue weighted by atomic mass is 9.39. The van der Waals surface area contributed by atoms with Crippen LogP contribution < -0.4 is 25.6 Å². The molecule has 5 fully saturated rings. The van der Waals surface area contributed by atoms with Crippen molar-refractivity contribution in [2.75, 3.05) is 88.4 Å². The number of anilines is 3. The highest BCUT2D eigenvalue weighted by molar-refractivity contribution is 7.22. The van der Waals surface area contributed by atoms with Gasteiger partial charge in [0.2, 0.25) is 18.1 Å². The van der Waals surface area contributed by atoms with Crippen LogP contribution in [0.3, 0.4) is 0 Å². The summed E-state index contributed by atoms with van der Waals surface area (Å²) in [6, 6.07) is 21.7. The molecule has 7 N–H and O–H groups in total. The van der Waals surface area contributed by atoms with Gasteiger partial charge in [-0.2, -0.15) is 5.10 Å². The first kappa shape index (κ1) is 75.2. The van der Waals surface area contributed by atoms with Crippen LogP contribution in [0.2, 0.25) is 0 Å². The molecular weight excluding hydrogens is 1370 g/mol. The number of hydrogen-bond donors (Lipinski definition) is 7. The molecule has 4 aliphatic carbocycles. The summed E-state index contributed by atoms with van der Waals surface area (Å²) in [6.07, 6.45) is 8.47. The van der Waals surface area contributed by atoms with Crippen molar-refractivity contribution in [3.8, 4) is 16.9 Å². The Morgan fingerprint density at radius 1 is 0.810 bits per heavy atom. The third-order valence-electron chi connectivity index (χ3n) is 20.6. The summed E-state index contributed by atoms with van der Waals surface area (Å²) in [5.74, 6) is -3.84. The number of carbonyl (C=O) groups is 8. The van der Waals surface area contributed by atoms with Gasteiger partial charge in [-0.15, -0.1) is 0 Å². The van der Waals surface area contributed by atoms with Crippen molar-refractivity contribution in [1.82, 2.24) is 34.9 Å². The van der Waals surface area contributed by atoms with E-state index in [1.165, 1.54) is 40.5 Å². The lowest BCUT2D eigenvalue weighted by Crippen LogP contribution is -2.64. The SMILES string of the molecule is Cc1c(-c2ccc(N3CCc4cccc(C(=O)Nc5nc6ccccc6s5)c4C3)nc2C(=O)O)cnn1CC12CC3(C)CC(C)(C1)CC(OCCOCCOCCN(C)C(=O)OC/C=C/c1ccc(O[C@@H]4O[C@H](C(=O)O)C[C@H](O)[C@H]4O)c(NC(=O)CCNC(=O)CCCCCN4C(=O)C=CC4=O)c1)(C3)C2. The smallest absolute Gasteiger partial charge is 0.409 e. The molecule has 29 heteroatoms. The van der Waals surface area contributed by atoms with Gasteiger partial charge in [-0.25, -0.2) is 24.4 Å². The van der Waals surface area contributed by atoms with E-state index >= 15 is 0 Å². The lowest BCUT2D eigenvalue weighted by molar-refractivity contribution is -0.250. The molecule has 4 bridgehead atoms. The van der Waals surface area contributed by atoms with Gasteiger partial charge in [0, 0.05) is 100 Å². The van der Waals surface area contributed by atoms with Crippen molar-refractivity contribution >= 4 is 91.8 Å². The van der Waals surface area contributed by atoms with Gasteiger partial charge < -0.3 is 69.3 Å². The molecule has 1 saturated heterocycles. The third kappa shape index (κ3) is 18.1. The van der Waals surface area contributed by atoms with Crippen molar-refractivity contribution in [3.05, 3.63) is 131 Å². The zero-order chi connectivity index (χ0) is 74.2. The highest BCUT2D eigenvalue weighted by Crippen LogP contribution is 2.72. The van der Waals surface area contributed by atoms with Gasteiger partial charge in [-0.1, -0.05) is 68.0 Å². The number of para-hydroxylation sites is 1. The Balaban J connectivity index is 0.574. The second kappa shape index (κ2) is 32.5. The summed E-state index contributed by atoms with van der Waals surface area (Å²) in [6.45, 7) is 10.4. The van der Waals surface area contributed by atoms with E-state index in [1.54, 1.807) is 31.5 Å². The molecular formula is C76H90N10O18S. The number of nitrogens with zero attached hydrogens (tertiary/aromatic N) is 7. The summed E-state index contributed by atoms with van der Waals surface area (Å²) in [4.78, 5) is 115. The van der Waals surface area contributed by atoms with Gasteiger partial charge in [0.05, 0.1) is 66.8 Å². The summed E-state index contributed by atoms with van der Waals surface area (Å²) >= 11 is 1.42. The van der Waals surface area contributed by atoms with Crippen LogP contribution in [0.4, 0.5) is 21.4 Å². The van der Waals surface area contributed by atoms with Crippen molar-refractivity contribution in [3.63, 3.8) is 0 Å². The Kier molecular flexibility index (Phi) is 23.3. The van der Waals surface area contributed by atoms with E-state index in [0.29, 0.717) is 98.3 Å². The van der Waals surface area contributed by atoms with Gasteiger partial charge in [0.1, 0.15) is 24.3 Å². The van der Waals surface area contributed by atoms with E-state index in [0.717, 1.165) is 70.5 Å². The average Bonchev–Trinajstić information content (AvgIpc) is 1.28. The van der Waals surface area contributed by atoms with Gasteiger partial charge in [0.15, 0.2) is 16.9 Å². The minimum Gasteiger partial charge on any atom is -0.479 e. The van der Waals surface area contributed by atoms with Crippen LogP contribution in [0.1, 0.15) is 134 Å². The number of hydrogen-bond acceptors (Lipinski definition) is 21. The van der Waals surface area contributed by atoms with Crippen LogP contribution in [0.5, 0.6) is 5.75 Å². The maximum absolute atomic E-state index is 13.8. The number of fused-ring (bicyclic) bond motifs is 2. The number of aliphatic hydroxyl groups is 2. The Morgan fingerprint density at radius 2 is 1.57 bits per heavy atom. The standard InChI is InChI=1S/C76H90N10O18S/c1-47-52(50-19-21-60(81-65(50)69(96)97)84-28-25-49-13-10-14-51(53(49)39-84)67(93)82-71-80-54-15-7-8-16-59(54)105-71)38-78-86(47)46-75-41-73(2)40-74(3,42-75)44-76(43-73,45-75)102-35-34-100-33-32-99-31-29-83(4)72(98)101-30-11-12-48-18-20-57(103-70-66(92)56(87)37-58(104-70)68(94)95)55(36-48)79-62(89)24-26-77-61(88)17-6-5-9-27-85-63(90)22-23-64(85)91/h7-8,10-16,18-23,36,38,56,58,66,70,87,92H,5-6,9,17,24-35,37,39-46H2,1-4H3,(H,77,88)(H,79,89)(H,94,95)(H,96,97)(H,80,82,93)/b12-11+/t56-,58-,66+,70+,73?,74?,75?,76?/m0/s1. The first-order chi connectivity index (χ1) is 50.3. The first-order valence-electron chi connectivity index (χ1n) is 35.6. The van der Waals surface area contributed by atoms with Crippen LogP contribution in [0.15, 0.2) is 97.2 Å². The number of thiazole rings is 1. The number of aromatic carboxylic acids is 1. The number of ether oxygens (including phenoxy) is 6. The summed E-state index contributed by atoms with van der Waals surface area (Å²) in [5.41, 5.74) is 5.54. The molecule has 0 spiro atoms. The minimum absolute atomic E-state index is 0.0150. The van der Waals surface area contributed by atoms with E-state index in [-0.39, 0.29) is 121 Å². The second-order valence-corrected chi connectivity index (χ2v) is 30.2. The largest absolute Gasteiger partial charge is 0.479 e. The Labute approximate surface area is 611 Å². The Hall–Kier alpha value is -9.49. The number of aromatic nitrogens is 4. The molecule has 6 heterocycles. The molecule has 3 aliphatic heterocycles. The highest BCUT2D eigenvalue weighted by Gasteiger charge is 2.66. The maximum atomic E-state index is 13.8. The number of aliphatic hydroxyl groups excluding tert-OH is 2. The molecule has 6 aromatic rings. The summed E-state index contributed by atoms with van der Waals surface area (Å²) < 4.78 is 38.5. The molecule has 6 amide bonds. The van der Waals surface area contributed by atoms with Gasteiger partial charge in [0.25, 0.3) is 17.7 Å². The normalized spacial score (nSPS) is 23.8. The number of nitrogens with one attached hydrogen (secondary N) is 3. The molecule has 0 radical (unpaired) electrons. The molecule has 13 rings (SSSR count). The molecule has 105 heavy (non-hydrogen) atoms. The van der Waals surface area contributed by atoms with E-state index in [1.807, 2.05) is 71.1 Å². The van der Waals surface area contributed by atoms with Crippen LogP contribution >= 0.6 is 11.3 Å². The number of amides is 6. The number of likely N-dealkylation sites (N-methyl/N-ethyl adjacent to an activating group) is 1. The Bertz CT molecular complexity index is 4260. The number of carbonyl (C=O) groups excluding carboxylic acids is 6. The van der Waals surface area contributed by atoms with Gasteiger partial charge >= 0.3 is 18.0 Å². The van der Waals surface area contributed by atoms with Crippen molar-refractivity contribution in [2.24, 2.45) is 16.2 Å². The third-order valence-corrected chi connectivity index (χ3v) is 21.5. The first-order valence-corrected chi connectivity index (χ1v) is 36.5. The monoisotopic (exact) mass is 1460 g/mol. The number of carboxylic acids is 2. The summed E-state index contributed by atoms with van der Waals surface area (Å²) in [5, 5.41) is 55.2. The molecule has 6 atom stereocenters. The fourth-order valence-corrected chi connectivity index (χ4v) is 17.7. The van der Waals surface area contributed by atoms with Crippen LogP contribution in [0, 0.1) is 23.2 Å². The highest BCUT2D eigenvalue weighted by atomic mass is 32.1. The molecule has 7 aliphatic rings. The molecule has 558 valence electrons. The number of aliphatic carboxylic acids is 1. The molecule has 28 nitrogen and oxygen atoms in total. The van der Waals surface area contributed by atoms with Gasteiger partial charge in [-0.05, 0) is 146 Å². The van der Waals surface area contributed by atoms with Crippen LogP contribution in [-0.4, -0.2) is 201 Å². The van der Waals surface area contributed by atoms with Gasteiger partial charge in [-0.3, -0.25) is 38.9 Å². The van der Waals surface area contributed by atoms with Crippen LogP contribution in [0.25, 0.3) is 27.4 Å². The molecule has 3 aromatic heterocycles. The quantitative estimate of drug-likeness (QED) is 0.0150. The molecule has 4 saturated carbocycles. The van der Waals surface area contributed by atoms with Crippen molar-refractivity contribution in [2.45, 2.75) is 148 Å². The van der Waals surface area contributed by atoms with E-state index in [2.05, 4.69) is 34.8 Å². The van der Waals surface area contributed by atoms with E-state index < -0.39 is 48.5 Å². The van der Waals surface area contributed by atoms with E-state index in [9.17, 15) is 58.8 Å². The second-order valence-electron chi connectivity index (χ2n) is 29.2. The van der Waals surface area contributed by atoms with E-state index in [4.69, 9.17) is 38.5 Å². The van der Waals surface area contributed by atoms with Crippen molar-refractivity contribution in [1.29, 1.82) is 0 Å². The minimum atomic E-state index is -1.62. The number of benzene rings is 3. The lowest BCUT2D eigenvalue weighted by Gasteiger charge is -2.69. The number of carboxylic acid groups (broad SMARTS) is 2. The topological polar surface area (TPSA) is 362 Å². The Morgan fingerprint density at radius 3 is 2.33 bits per heavy atom. The molecule has 3 aromatic carbocycles. The number of imide groups is 1. The number of pyridine rings is 1. The predicted molar refractivity (Wildman–Crippen MR) is 386 cm³/mol. The average molecular weight is 1460 g/mol.